The summed E-state index contributed by atoms with van der Waals surface area (Å²) in [7, 11) is 1.02. The number of non-ortho nitro benzene ring substituents is 1. The summed E-state index contributed by atoms with van der Waals surface area (Å²) in [6, 6.07) is 3.65. The van der Waals surface area contributed by atoms with Crippen molar-refractivity contribution in [2.24, 2.45) is 7.05 Å². The number of nitrogens with zero attached hydrogens (tertiary/aromatic N) is 3. The van der Waals surface area contributed by atoms with Gasteiger partial charge in [-0.2, -0.15) is 18.3 Å². The van der Waals surface area contributed by atoms with Gasteiger partial charge in [0.05, 0.1) is 4.92 Å². The molecule has 2 aromatic rings. The van der Waals surface area contributed by atoms with Crippen LogP contribution in [0.4, 0.5) is 24.5 Å². The Labute approximate surface area is 138 Å². The molecule has 0 atom stereocenters. The van der Waals surface area contributed by atoms with Crippen LogP contribution in [-0.4, -0.2) is 20.6 Å². The fourth-order valence-corrected chi connectivity index (χ4v) is 2.39. The lowest BCUT2D eigenvalue weighted by Crippen LogP contribution is -2.14. The van der Waals surface area contributed by atoms with E-state index in [1.807, 2.05) is 0 Å². The van der Waals surface area contributed by atoms with Gasteiger partial charge in [0.1, 0.15) is 5.02 Å². The van der Waals surface area contributed by atoms with E-state index in [-0.39, 0.29) is 11.4 Å². The maximum absolute atomic E-state index is 12.9. The molecule has 0 bridgehead atoms. The third-order valence-corrected chi connectivity index (χ3v) is 3.50. The predicted molar refractivity (Wildman–Crippen MR) is 79.0 cm³/mol. The Balaban J connectivity index is 2.33. The Kier molecular flexibility index (Phi) is 4.52. The number of nitro benzene ring substituents is 1. The maximum atomic E-state index is 12.9. The molecule has 0 spiro atoms. The molecule has 0 saturated carbocycles. The molecule has 1 aromatic carbocycles. The van der Waals surface area contributed by atoms with E-state index in [2.05, 4.69) is 10.4 Å². The van der Waals surface area contributed by atoms with Gasteiger partial charge in [-0.25, -0.2) is 0 Å². The van der Waals surface area contributed by atoms with Crippen molar-refractivity contribution in [1.82, 2.24) is 9.78 Å². The predicted octanol–water partition coefficient (Wildman–Crippen LogP) is 3.56. The van der Waals surface area contributed by atoms with Crippen molar-refractivity contribution in [2.75, 3.05) is 5.32 Å². The number of benzene rings is 1. The van der Waals surface area contributed by atoms with Crippen molar-refractivity contribution in [3.05, 3.63) is 50.3 Å². The number of alkyl halides is 3. The summed E-state index contributed by atoms with van der Waals surface area (Å²) >= 11 is 5.63. The molecule has 11 heteroatoms. The molecule has 128 valence electrons. The number of hydrogen-bond acceptors (Lipinski definition) is 4. The zero-order chi connectivity index (χ0) is 18.2. The van der Waals surface area contributed by atoms with E-state index >= 15 is 0 Å². The average molecular weight is 363 g/mol. The first-order valence-corrected chi connectivity index (χ1v) is 6.76. The number of carbonyl (C=O) groups excluding carboxylic acids is 1. The van der Waals surface area contributed by atoms with Crippen LogP contribution in [0.25, 0.3) is 0 Å². The SMILES string of the molecule is Cc1cc([N+](=O)[O-])ccc1NC(=O)c1nn(C)c(C(F)(F)F)c1Cl. The lowest BCUT2D eigenvalue weighted by atomic mass is 10.1. The van der Waals surface area contributed by atoms with Crippen LogP contribution >= 0.6 is 11.6 Å². The van der Waals surface area contributed by atoms with Crippen molar-refractivity contribution >= 4 is 28.9 Å². The van der Waals surface area contributed by atoms with Gasteiger partial charge in [0.15, 0.2) is 11.4 Å². The number of halogens is 4. The molecule has 7 nitrogen and oxygen atoms in total. The molecule has 0 aliphatic heterocycles. The maximum Gasteiger partial charge on any atom is 0.434 e. The summed E-state index contributed by atoms with van der Waals surface area (Å²) in [5.74, 6) is -0.956. The number of anilines is 1. The highest BCUT2D eigenvalue weighted by Gasteiger charge is 2.40. The number of aryl methyl sites for hydroxylation is 2. The minimum absolute atomic E-state index is 0.180. The molecule has 0 fully saturated rings. The third kappa shape index (κ3) is 3.32. The number of carbonyl (C=O) groups is 1. The van der Waals surface area contributed by atoms with Crippen LogP contribution in [0.2, 0.25) is 5.02 Å². The van der Waals surface area contributed by atoms with E-state index in [9.17, 15) is 28.1 Å². The fourth-order valence-electron chi connectivity index (χ4n) is 2.03. The molecule has 0 radical (unpaired) electrons. The van der Waals surface area contributed by atoms with Gasteiger partial charge < -0.3 is 5.32 Å². The van der Waals surface area contributed by atoms with Crippen molar-refractivity contribution in [1.29, 1.82) is 0 Å². The highest BCUT2D eigenvalue weighted by Crippen LogP contribution is 2.36. The fraction of sp³-hybridized carbons (Fsp3) is 0.231. The largest absolute Gasteiger partial charge is 0.434 e. The number of rotatable bonds is 3. The smallest absolute Gasteiger partial charge is 0.320 e. The van der Waals surface area contributed by atoms with E-state index in [0.29, 0.717) is 10.2 Å². The van der Waals surface area contributed by atoms with Crippen molar-refractivity contribution in [2.45, 2.75) is 13.1 Å². The minimum Gasteiger partial charge on any atom is -0.320 e. The molecule has 0 aliphatic carbocycles. The monoisotopic (exact) mass is 362 g/mol. The summed E-state index contributed by atoms with van der Waals surface area (Å²) in [4.78, 5) is 22.2. The molecule has 0 saturated heterocycles. The lowest BCUT2D eigenvalue weighted by molar-refractivity contribution is -0.384. The van der Waals surface area contributed by atoms with E-state index in [1.54, 1.807) is 0 Å². The van der Waals surface area contributed by atoms with Gasteiger partial charge in [-0.3, -0.25) is 19.6 Å². The van der Waals surface area contributed by atoms with Crippen molar-refractivity contribution in [3.63, 3.8) is 0 Å². The van der Waals surface area contributed by atoms with E-state index in [0.717, 1.165) is 13.1 Å². The molecular weight excluding hydrogens is 353 g/mol. The molecule has 1 heterocycles. The lowest BCUT2D eigenvalue weighted by Gasteiger charge is -2.07. The number of amides is 1. The molecule has 1 aromatic heterocycles. The van der Waals surface area contributed by atoms with Gasteiger partial charge in [0.2, 0.25) is 0 Å². The second-order valence-electron chi connectivity index (χ2n) is 4.84. The quantitative estimate of drug-likeness (QED) is 0.667. The molecule has 24 heavy (non-hydrogen) atoms. The second-order valence-corrected chi connectivity index (χ2v) is 5.22. The third-order valence-electron chi connectivity index (χ3n) is 3.14. The molecule has 0 aliphatic rings. The Bertz CT molecular complexity index is 833. The number of hydrogen-bond donors (Lipinski definition) is 1. The van der Waals surface area contributed by atoms with E-state index < -0.39 is 33.4 Å². The van der Waals surface area contributed by atoms with Crippen molar-refractivity contribution in [3.8, 4) is 0 Å². The molecule has 1 N–H and O–H groups in total. The Morgan fingerprint density at radius 2 is 2.04 bits per heavy atom. The highest BCUT2D eigenvalue weighted by molar-refractivity contribution is 6.34. The topological polar surface area (TPSA) is 90.1 Å². The molecular formula is C13H10ClF3N4O3. The van der Waals surface area contributed by atoms with Crippen LogP contribution in [-0.2, 0) is 13.2 Å². The molecule has 2 rings (SSSR count). The number of nitro groups is 1. The molecule has 1 amide bonds. The zero-order valence-corrected chi connectivity index (χ0v) is 13.1. The first-order valence-electron chi connectivity index (χ1n) is 6.38. The minimum atomic E-state index is -4.76. The van der Waals surface area contributed by atoms with Gasteiger partial charge in [-0.05, 0) is 18.6 Å². The Morgan fingerprint density at radius 1 is 1.42 bits per heavy atom. The number of nitrogens with one attached hydrogen (secondary N) is 1. The van der Waals surface area contributed by atoms with Crippen LogP contribution < -0.4 is 5.32 Å². The summed E-state index contributed by atoms with van der Waals surface area (Å²) in [5, 5.41) is 15.7. The second kappa shape index (κ2) is 6.11. The summed E-state index contributed by atoms with van der Waals surface area (Å²) in [6.45, 7) is 1.50. The van der Waals surface area contributed by atoms with Crippen LogP contribution in [0.15, 0.2) is 18.2 Å². The summed E-state index contributed by atoms with van der Waals surface area (Å²) in [6.07, 6.45) is -4.76. The first-order chi connectivity index (χ1) is 11.0. The summed E-state index contributed by atoms with van der Waals surface area (Å²) in [5.41, 5.74) is -1.46. The standard InChI is InChI=1S/C13H10ClF3N4O3/c1-6-5-7(21(23)24)3-4-8(6)18-12(22)10-9(14)11(13(15,16)17)20(2)19-10/h3-5H,1-2H3,(H,18,22). The molecule has 0 unspecified atom stereocenters. The zero-order valence-electron chi connectivity index (χ0n) is 12.3. The van der Waals surface area contributed by atoms with E-state index in [4.69, 9.17) is 11.6 Å². The van der Waals surface area contributed by atoms with Gasteiger partial charge in [0.25, 0.3) is 11.6 Å². The van der Waals surface area contributed by atoms with Crippen LogP contribution in [0.1, 0.15) is 21.7 Å². The van der Waals surface area contributed by atoms with Gasteiger partial charge in [-0.1, -0.05) is 11.6 Å². The first kappa shape index (κ1) is 17.7. The van der Waals surface area contributed by atoms with Gasteiger partial charge in [0, 0.05) is 24.9 Å². The van der Waals surface area contributed by atoms with Crippen molar-refractivity contribution < 1.29 is 22.9 Å². The van der Waals surface area contributed by atoms with Gasteiger partial charge >= 0.3 is 6.18 Å². The van der Waals surface area contributed by atoms with Gasteiger partial charge in [-0.15, -0.1) is 0 Å². The van der Waals surface area contributed by atoms with Crippen LogP contribution in [0.3, 0.4) is 0 Å². The highest BCUT2D eigenvalue weighted by atomic mass is 35.5. The van der Waals surface area contributed by atoms with Crippen LogP contribution in [0.5, 0.6) is 0 Å². The van der Waals surface area contributed by atoms with E-state index in [1.165, 1.54) is 19.1 Å². The number of aromatic nitrogens is 2. The average Bonchev–Trinajstić information content (AvgIpc) is 2.75. The Morgan fingerprint density at radius 3 is 2.50 bits per heavy atom. The summed E-state index contributed by atoms with van der Waals surface area (Å²) < 4.78 is 39.0. The Hall–Kier alpha value is -2.62. The van der Waals surface area contributed by atoms with Crippen LogP contribution in [0, 0.1) is 17.0 Å². The normalized spacial score (nSPS) is 11.4.